The predicted molar refractivity (Wildman–Crippen MR) is 221 cm³/mol. The van der Waals surface area contributed by atoms with E-state index in [1.807, 2.05) is 0 Å². The van der Waals surface area contributed by atoms with Gasteiger partial charge in [-0.25, -0.2) is 0 Å². The van der Waals surface area contributed by atoms with Crippen molar-refractivity contribution in [3.63, 3.8) is 0 Å². The Morgan fingerprint density at radius 1 is 0.533 bits per heavy atom. The van der Waals surface area contributed by atoms with Gasteiger partial charge < -0.3 is 28.7 Å². The van der Waals surface area contributed by atoms with E-state index in [2.05, 4.69) is 41.2 Å². The Bertz CT molecular complexity index is 3100. The summed E-state index contributed by atoms with van der Waals surface area (Å²) >= 11 is 0. The molecule has 0 fully saturated rings. The van der Waals surface area contributed by atoms with Crippen molar-refractivity contribution in [2.75, 3.05) is 34.1 Å². The molecule has 0 aliphatic heterocycles. The van der Waals surface area contributed by atoms with Gasteiger partial charge in [-0.15, -0.1) is 15.3 Å². The maximum atomic E-state index is 13.9. The van der Waals surface area contributed by atoms with Gasteiger partial charge in [-0.05, 0) is 96.6 Å². The van der Waals surface area contributed by atoms with Crippen LogP contribution >= 0.6 is 0 Å². The Morgan fingerprint density at radius 2 is 1.07 bits per heavy atom. The first-order valence-corrected chi connectivity index (χ1v) is 20.7. The molecule has 0 aromatic heterocycles. The van der Waals surface area contributed by atoms with Crippen LogP contribution in [0.2, 0.25) is 0 Å². The Labute approximate surface area is 339 Å². The molecule has 0 saturated heterocycles. The SMILES string of the molecule is Nc1ccc(N=Nc2ccc(N/N=C3/C(=O)c4c(cc(S(=O)(=O)O)c(N=Nc5ccc(N=Nc6cc(S(=O)(=O)O)c(N)cc6N)cc5)c4N)C=C3S(=O)(=O)O)cc2)c(N)c1. The van der Waals surface area contributed by atoms with Crippen molar-refractivity contribution in [3.8, 4) is 0 Å². The maximum Gasteiger partial charge on any atom is 0.296 e. The number of fused-ring (bicyclic) bond motifs is 1. The molecule has 0 atom stereocenters. The number of Topliss-reactive ketones (excluding diaryl/α,β-unsaturated/α-hetero) is 1. The van der Waals surface area contributed by atoms with Crippen LogP contribution in [0.15, 0.2) is 135 Å². The summed E-state index contributed by atoms with van der Waals surface area (Å²) in [5.74, 6) is -1.19. The monoisotopic (exact) mass is 875 g/mol. The number of hydrogen-bond donors (Lipinski definition) is 9. The quantitative estimate of drug-likeness (QED) is 0.0307. The van der Waals surface area contributed by atoms with Crippen molar-refractivity contribution in [2.45, 2.75) is 9.79 Å². The van der Waals surface area contributed by atoms with Gasteiger partial charge in [-0.3, -0.25) is 23.9 Å². The molecule has 26 heteroatoms. The highest BCUT2D eigenvalue weighted by Gasteiger charge is 2.37. The summed E-state index contributed by atoms with van der Waals surface area (Å²) in [6, 6.07) is 18.7. The molecule has 0 saturated carbocycles. The molecular weight excluding hydrogens is 847 g/mol. The number of allylic oxidation sites excluding steroid dienone is 1. The Hall–Kier alpha value is -7.49. The van der Waals surface area contributed by atoms with Crippen molar-refractivity contribution < 1.29 is 43.7 Å². The second kappa shape index (κ2) is 16.0. The smallest absolute Gasteiger partial charge is 0.296 e. The van der Waals surface area contributed by atoms with E-state index >= 15 is 0 Å². The lowest BCUT2D eigenvalue weighted by Crippen LogP contribution is -2.28. The summed E-state index contributed by atoms with van der Waals surface area (Å²) in [6.45, 7) is 0. The van der Waals surface area contributed by atoms with Crippen LogP contribution in [0.5, 0.6) is 0 Å². The first kappa shape index (κ1) is 42.1. The van der Waals surface area contributed by atoms with Gasteiger partial charge in [0.15, 0.2) is 5.71 Å². The fourth-order valence-electron chi connectivity index (χ4n) is 5.32. The summed E-state index contributed by atoms with van der Waals surface area (Å²) in [4.78, 5) is 11.2. The number of nitrogens with one attached hydrogen (secondary N) is 1. The number of hydrazone groups is 1. The highest BCUT2D eigenvalue weighted by atomic mass is 32.2. The predicted octanol–water partition coefficient (Wildman–Crippen LogP) is 6.23. The van der Waals surface area contributed by atoms with Crippen LogP contribution in [-0.4, -0.2) is 50.4 Å². The van der Waals surface area contributed by atoms with E-state index in [-0.39, 0.29) is 34.1 Å². The summed E-state index contributed by atoms with van der Waals surface area (Å²) in [5.41, 5.74) is 30.2. The number of ketones is 1. The zero-order valence-corrected chi connectivity index (χ0v) is 32.6. The minimum absolute atomic E-state index is 0.0445. The summed E-state index contributed by atoms with van der Waals surface area (Å²) in [7, 11) is -15.0. The lowest BCUT2D eigenvalue weighted by Gasteiger charge is -2.20. The van der Waals surface area contributed by atoms with Crippen LogP contribution in [0.4, 0.5) is 68.2 Å². The molecule has 0 bridgehead atoms. The summed E-state index contributed by atoms with van der Waals surface area (Å²) < 4.78 is 103. The zero-order chi connectivity index (χ0) is 43.7. The largest absolute Gasteiger partial charge is 0.399 e. The number of carbonyl (C=O) groups is 1. The van der Waals surface area contributed by atoms with Gasteiger partial charge >= 0.3 is 0 Å². The minimum atomic E-state index is -5.19. The van der Waals surface area contributed by atoms with Crippen LogP contribution in [0.1, 0.15) is 15.9 Å². The molecule has 0 unspecified atom stereocenters. The van der Waals surface area contributed by atoms with Crippen molar-refractivity contribution in [2.24, 2.45) is 35.8 Å². The summed E-state index contributed by atoms with van der Waals surface area (Å²) in [6.07, 6.45) is 0.736. The molecule has 60 heavy (non-hydrogen) atoms. The number of azo groups is 3. The molecule has 5 aromatic carbocycles. The van der Waals surface area contributed by atoms with E-state index in [0.29, 0.717) is 28.8 Å². The van der Waals surface area contributed by atoms with E-state index < -0.39 is 79.0 Å². The van der Waals surface area contributed by atoms with Gasteiger partial charge in [-0.2, -0.15) is 45.7 Å². The number of anilines is 6. The van der Waals surface area contributed by atoms with Gasteiger partial charge in [0.2, 0.25) is 5.78 Å². The van der Waals surface area contributed by atoms with Gasteiger partial charge in [0.25, 0.3) is 30.4 Å². The van der Waals surface area contributed by atoms with E-state index in [4.69, 9.17) is 28.7 Å². The van der Waals surface area contributed by atoms with Crippen molar-refractivity contribution in [1.29, 1.82) is 0 Å². The highest BCUT2D eigenvalue weighted by molar-refractivity contribution is 7.91. The number of nitrogens with two attached hydrogens (primary N) is 5. The maximum absolute atomic E-state index is 13.9. The first-order chi connectivity index (χ1) is 28.1. The number of hydrogen-bond acceptors (Lipinski definition) is 20. The van der Waals surface area contributed by atoms with Crippen LogP contribution in [0, 0.1) is 0 Å². The van der Waals surface area contributed by atoms with Crippen molar-refractivity contribution in [3.05, 3.63) is 101 Å². The average molecular weight is 876 g/mol. The molecule has 5 aromatic rings. The molecule has 6 rings (SSSR count). The molecule has 0 spiro atoms. The normalized spacial score (nSPS) is 14.3. The summed E-state index contributed by atoms with van der Waals surface area (Å²) in [5, 5.41) is 27.7. The topological polar surface area (TPSA) is 409 Å². The average Bonchev–Trinajstić information content (AvgIpc) is 3.15. The molecule has 14 N–H and O–H groups in total. The second-order valence-corrected chi connectivity index (χ2v) is 16.5. The zero-order valence-electron chi connectivity index (χ0n) is 30.1. The molecule has 0 radical (unpaired) electrons. The van der Waals surface area contributed by atoms with Gasteiger partial charge in [-0.1, -0.05) is 0 Å². The number of nitrogen functional groups attached to an aromatic ring is 5. The van der Waals surface area contributed by atoms with Gasteiger partial charge in [0, 0.05) is 5.69 Å². The molecule has 23 nitrogen and oxygen atoms in total. The van der Waals surface area contributed by atoms with Crippen LogP contribution < -0.4 is 34.1 Å². The lowest BCUT2D eigenvalue weighted by atomic mass is 9.92. The Morgan fingerprint density at radius 3 is 1.62 bits per heavy atom. The lowest BCUT2D eigenvalue weighted by molar-refractivity contribution is 0.106. The van der Waals surface area contributed by atoms with Crippen molar-refractivity contribution in [1.82, 2.24) is 0 Å². The third kappa shape index (κ3) is 9.28. The van der Waals surface area contributed by atoms with Gasteiger partial charge in [0.05, 0.1) is 51.1 Å². The molecule has 0 heterocycles. The molecule has 308 valence electrons. The third-order valence-corrected chi connectivity index (χ3v) is 10.8. The minimum Gasteiger partial charge on any atom is -0.399 e. The van der Waals surface area contributed by atoms with E-state index in [1.54, 1.807) is 12.1 Å². The van der Waals surface area contributed by atoms with Crippen LogP contribution in [0.3, 0.4) is 0 Å². The van der Waals surface area contributed by atoms with Crippen LogP contribution in [0.25, 0.3) is 6.08 Å². The van der Waals surface area contributed by atoms with Crippen molar-refractivity contribution >= 4 is 116 Å². The number of benzene rings is 5. The van der Waals surface area contributed by atoms with E-state index in [0.717, 1.165) is 18.2 Å². The van der Waals surface area contributed by atoms with E-state index in [9.17, 15) is 43.7 Å². The first-order valence-electron chi connectivity index (χ1n) is 16.4. The molecular formula is C34H29N13O10S3. The molecule has 0 amide bonds. The fourth-order valence-corrected chi connectivity index (χ4v) is 7.26. The van der Waals surface area contributed by atoms with Crippen LogP contribution in [-0.2, 0) is 30.4 Å². The fraction of sp³-hybridized carbons (Fsp3) is 0. The second-order valence-electron chi connectivity index (χ2n) is 12.4. The standard InChI is InChI=1S/C34H29N13O10S3/c35-17-1-10-25(22(36)13-17)44-40-18-2-8-21(9-3-18)43-47-33-29(60(55,56)57)12-16-11-28(59(52,53)54)32(31(39)30(16)34(33)48)46-42-20-6-4-19(5-7-20)41-45-26-15-27(58(49,50)51)24(38)14-23(26)37/h1-15,43H,35-39H2,(H,49,50,51)(H,52,53,54)(H,55,56,57)/b44-40?,45-41?,46-42?,47-33+. The molecule has 1 aliphatic carbocycles. The van der Waals surface area contributed by atoms with E-state index in [1.165, 1.54) is 54.6 Å². The molecule has 1 aliphatic rings. The Balaban J connectivity index is 1.29. The highest BCUT2D eigenvalue weighted by Crippen LogP contribution is 2.41. The Kier molecular flexibility index (Phi) is 11.3. The number of rotatable bonds is 11. The number of nitrogens with zero attached hydrogens (tertiary/aromatic N) is 7. The van der Waals surface area contributed by atoms with Gasteiger partial charge in [0.1, 0.15) is 31.8 Å². The number of carbonyl (C=O) groups excluding carboxylic acids is 1. The third-order valence-electron chi connectivity index (χ3n) is 8.17.